The van der Waals surface area contributed by atoms with E-state index in [0.29, 0.717) is 31.4 Å². The Morgan fingerprint density at radius 2 is 1.76 bits per heavy atom. The van der Waals surface area contributed by atoms with Crippen LogP contribution < -0.4 is 9.80 Å². The first-order valence-corrected chi connectivity index (χ1v) is 14.4. The fraction of sp³-hybridized carbons (Fsp3) is 0.222. The molecule has 0 bridgehead atoms. The van der Waals surface area contributed by atoms with E-state index >= 15 is 0 Å². The van der Waals surface area contributed by atoms with Crippen LogP contribution in [-0.2, 0) is 10.5 Å². The van der Waals surface area contributed by atoms with E-state index in [1.807, 2.05) is 80.5 Å². The third-order valence-electron chi connectivity index (χ3n) is 6.09. The van der Waals surface area contributed by atoms with E-state index in [-0.39, 0.29) is 5.57 Å². The van der Waals surface area contributed by atoms with Crippen LogP contribution >= 0.6 is 34.4 Å². The minimum atomic E-state index is -0.854. The third-order valence-corrected chi connectivity index (χ3v) is 9.29. The molecule has 0 saturated carbocycles. The molecular weight excluding hydrogens is 539 g/mol. The topological polar surface area (TPSA) is 99.5 Å². The number of amides is 1. The molecule has 3 heterocycles. The van der Waals surface area contributed by atoms with Crippen LogP contribution in [0.15, 0.2) is 70.3 Å². The van der Waals surface area contributed by atoms with Crippen molar-refractivity contribution < 1.29 is 14.7 Å². The molecule has 0 fully saturated rings. The summed E-state index contributed by atoms with van der Waals surface area (Å²) in [5, 5.41) is 20.7. The monoisotopic (exact) mass is 563 g/mol. The van der Waals surface area contributed by atoms with E-state index < -0.39 is 23.5 Å². The van der Waals surface area contributed by atoms with Gasteiger partial charge in [0, 0.05) is 25.5 Å². The number of thiazole rings is 1. The first kappa shape index (κ1) is 26.1. The second-order valence-electron chi connectivity index (χ2n) is 8.93. The molecule has 1 atom stereocenters. The highest BCUT2D eigenvalue weighted by atomic mass is 32.2. The summed E-state index contributed by atoms with van der Waals surface area (Å²) < 4.78 is 0.687. The molecule has 0 saturated heterocycles. The van der Waals surface area contributed by atoms with E-state index in [2.05, 4.69) is 15.2 Å². The number of carbonyl (C=O) groups is 2. The van der Waals surface area contributed by atoms with E-state index in [0.717, 1.165) is 16.3 Å². The zero-order chi connectivity index (χ0) is 27.0. The van der Waals surface area contributed by atoms with Crippen molar-refractivity contribution in [2.24, 2.45) is 0 Å². The number of benzene rings is 2. The van der Waals surface area contributed by atoms with Crippen LogP contribution in [-0.4, -0.2) is 46.1 Å². The van der Waals surface area contributed by atoms with Gasteiger partial charge in [-0.2, -0.15) is 0 Å². The fourth-order valence-corrected chi connectivity index (χ4v) is 6.94. The van der Waals surface area contributed by atoms with Gasteiger partial charge in [0.1, 0.15) is 0 Å². The van der Waals surface area contributed by atoms with Crippen molar-refractivity contribution in [2.45, 2.75) is 30.0 Å². The van der Waals surface area contributed by atoms with E-state index in [1.54, 1.807) is 6.92 Å². The Bertz CT molecular complexity index is 1530. The van der Waals surface area contributed by atoms with E-state index in [1.165, 1.54) is 39.3 Å². The van der Waals surface area contributed by atoms with E-state index in [4.69, 9.17) is 0 Å². The van der Waals surface area contributed by atoms with Crippen LogP contribution in [0.3, 0.4) is 0 Å². The summed E-state index contributed by atoms with van der Waals surface area (Å²) in [5.74, 6) is -0.956. The van der Waals surface area contributed by atoms with Crippen molar-refractivity contribution in [3.8, 4) is 0 Å². The molecule has 1 amide bonds. The number of nitrogens with zero attached hydrogens (tertiary/aromatic N) is 5. The van der Waals surface area contributed by atoms with Gasteiger partial charge in [0.2, 0.25) is 10.9 Å². The number of ketones is 1. The molecule has 0 spiro atoms. The van der Waals surface area contributed by atoms with Crippen molar-refractivity contribution in [3.63, 3.8) is 0 Å². The lowest BCUT2D eigenvalue weighted by atomic mass is 9.95. The molecule has 4 aromatic rings. The molecule has 0 radical (unpaired) electrons. The molecule has 5 rings (SSSR count). The van der Waals surface area contributed by atoms with Gasteiger partial charge in [0.25, 0.3) is 5.91 Å². The van der Waals surface area contributed by atoms with Gasteiger partial charge < -0.3 is 10.0 Å². The second kappa shape index (κ2) is 10.7. The van der Waals surface area contributed by atoms with Crippen LogP contribution in [0, 0.1) is 13.8 Å². The molecule has 2 aromatic carbocycles. The van der Waals surface area contributed by atoms with Gasteiger partial charge >= 0.3 is 0 Å². The largest absolute Gasteiger partial charge is 0.503 e. The average molecular weight is 564 g/mol. The number of thioether (sulfide) groups is 1. The number of Topliss-reactive ketones (excluding diaryl/α,β-unsaturated/α-hetero) is 1. The Morgan fingerprint density at radius 3 is 2.39 bits per heavy atom. The van der Waals surface area contributed by atoms with Crippen molar-refractivity contribution in [1.29, 1.82) is 0 Å². The molecule has 11 heteroatoms. The normalized spacial score (nSPS) is 15.4. The summed E-state index contributed by atoms with van der Waals surface area (Å²) in [6.07, 6.45) is 0. The number of aliphatic hydroxyl groups is 1. The third kappa shape index (κ3) is 4.96. The number of aliphatic hydroxyl groups excluding tert-OH is 1. The SMILES string of the molecule is Cc1nc(C)c(C(=O)C2=C(O)C(=O)N(c3nnc(SCc4ccccc4)s3)C2c2ccc(N(C)C)cc2)s1. The molecule has 38 heavy (non-hydrogen) atoms. The maximum atomic E-state index is 13.8. The molecule has 194 valence electrons. The number of hydrogen-bond acceptors (Lipinski definition) is 10. The quantitative estimate of drug-likeness (QED) is 0.164. The lowest BCUT2D eigenvalue weighted by molar-refractivity contribution is -0.117. The Labute approximate surface area is 232 Å². The van der Waals surface area contributed by atoms with Crippen molar-refractivity contribution in [1.82, 2.24) is 15.2 Å². The Hall–Kier alpha value is -3.54. The summed E-state index contributed by atoms with van der Waals surface area (Å²) in [6, 6.07) is 16.7. The minimum Gasteiger partial charge on any atom is -0.503 e. The van der Waals surface area contributed by atoms with Crippen molar-refractivity contribution in [2.75, 3.05) is 23.9 Å². The first-order chi connectivity index (χ1) is 18.2. The van der Waals surface area contributed by atoms with Gasteiger partial charge in [-0.1, -0.05) is 65.6 Å². The van der Waals surface area contributed by atoms with Crippen LogP contribution in [0.2, 0.25) is 0 Å². The lowest BCUT2D eigenvalue weighted by Crippen LogP contribution is -2.31. The van der Waals surface area contributed by atoms with Gasteiger partial charge in [-0.3, -0.25) is 14.5 Å². The van der Waals surface area contributed by atoms with Gasteiger partial charge in [0.15, 0.2) is 10.1 Å². The van der Waals surface area contributed by atoms with Gasteiger partial charge in [-0.05, 0) is 37.1 Å². The average Bonchev–Trinajstić information content (AvgIpc) is 3.59. The highest BCUT2D eigenvalue weighted by Crippen LogP contribution is 2.44. The number of anilines is 2. The number of aromatic nitrogens is 3. The second-order valence-corrected chi connectivity index (χ2v) is 12.3. The Morgan fingerprint density at radius 1 is 1.05 bits per heavy atom. The maximum Gasteiger partial charge on any atom is 0.296 e. The zero-order valence-electron chi connectivity index (χ0n) is 21.2. The number of rotatable bonds is 8. The van der Waals surface area contributed by atoms with Crippen molar-refractivity contribution >= 4 is 56.9 Å². The highest BCUT2D eigenvalue weighted by Gasteiger charge is 2.46. The molecule has 1 aliphatic rings. The Kier molecular flexibility index (Phi) is 7.33. The standard InChI is InChI=1S/C27H25N5O3S3/c1-15-24(37-16(2)28-15)22(33)20-21(18-10-12-19(13-11-18)31(3)4)32(25(35)23(20)34)26-29-30-27(38-26)36-14-17-8-6-5-7-9-17/h5-13,21,34H,14H2,1-4H3. The predicted octanol–water partition coefficient (Wildman–Crippen LogP) is 5.75. The molecule has 1 N–H and O–H groups in total. The van der Waals surface area contributed by atoms with E-state index in [9.17, 15) is 14.7 Å². The summed E-state index contributed by atoms with van der Waals surface area (Å²) in [6.45, 7) is 3.58. The van der Waals surface area contributed by atoms with Crippen molar-refractivity contribution in [3.05, 3.63) is 92.6 Å². The van der Waals surface area contributed by atoms with Gasteiger partial charge in [-0.15, -0.1) is 21.5 Å². The summed E-state index contributed by atoms with van der Waals surface area (Å²) in [4.78, 5) is 35.3. The molecular formula is C27H25N5O3S3. The number of carbonyl (C=O) groups excluding carboxylic acids is 2. The Balaban J connectivity index is 1.53. The summed E-state index contributed by atoms with van der Waals surface area (Å²) >= 11 is 4.03. The van der Waals surface area contributed by atoms with Crippen LogP contribution in [0.1, 0.15) is 37.5 Å². The van der Waals surface area contributed by atoms with Crippen LogP contribution in [0.5, 0.6) is 0 Å². The molecule has 0 aliphatic carbocycles. The summed E-state index contributed by atoms with van der Waals surface area (Å²) in [7, 11) is 3.87. The number of hydrogen-bond donors (Lipinski definition) is 1. The molecule has 8 nitrogen and oxygen atoms in total. The number of aryl methyl sites for hydroxylation is 2. The minimum absolute atomic E-state index is 0.0213. The van der Waals surface area contributed by atoms with Gasteiger partial charge in [-0.25, -0.2) is 4.98 Å². The smallest absolute Gasteiger partial charge is 0.296 e. The first-order valence-electron chi connectivity index (χ1n) is 11.8. The summed E-state index contributed by atoms with van der Waals surface area (Å²) in [5.41, 5.74) is 3.39. The maximum absolute atomic E-state index is 13.8. The fourth-order valence-electron chi connectivity index (χ4n) is 4.25. The van der Waals surface area contributed by atoms with Gasteiger partial charge in [0.05, 0.1) is 27.2 Å². The molecule has 1 unspecified atom stereocenters. The van der Waals surface area contributed by atoms with Crippen LogP contribution in [0.4, 0.5) is 10.8 Å². The van der Waals surface area contributed by atoms with Crippen LogP contribution in [0.25, 0.3) is 0 Å². The highest BCUT2D eigenvalue weighted by molar-refractivity contribution is 8.00. The lowest BCUT2D eigenvalue weighted by Gasteiger charge is -2.24. The molecule has 1 aliphatic heterocycles. The molecule has 2 aromatic heterocycles. The predicted molar refractivity (Wildman–Crippen MR) is 152 cm³/mol. The zero-order valence-corrected chi connectivity index (χ0v) is 23.7.